The van der Waals surface area contributed by atoms with Gasteiger partial charge in [0.1, 0.15) is 17.9 Å². The summed E-state index contributed by atoms with van der Waals surface area (Å²) < 4.78 is 5.75. The van der Waals surface area contributed by atoms with Crippen LogP contribution in [0.2, 0.25) is 0 Å². The van der Waals surface area contributed by atoms with E-state index >= 15 is 0 Å². The highest BCUT2D eigenvalue weighted by atomic mass is 16.5. The molecule has 0 saturated carbocycles. The standard InChI is InChI=1S/C19H17N5O2/c20-11-15-10-17(23-12-22-15)26-16-5-1-3-14(9-16)19(25)24-8-6-13-4-2-7-21-18(13)24/h1-5,7,9-10,12H,6,8,11,20H2. The molecule has 3 heterocycles. The van der Waals surface area contributed by atoms with Gasteiger partial charge in [-0.1, -0.05) is 12.1 Å². The predicted octanol–water partition coefficient (Wildman–Crippen LogP) is 2.33. The van der Waals surface area contributed by atoms with E-state index in [4.69, 9.17) is 10.5 Å². The van der Waals surface area contributed by atoms with Crippen LogP contribution in [0.4, 0.5) is 5.82 Å². The normalized spacial score (nSPS) is 12.7. The lowest BCUT2D eigenvalue weighted by Crippen LogP contribution is -2.29. The summed E-state index contributed by atoms with van der Waals surface area (Å²) >= 11 is 0. The molecule has 0 aliphatic carbocycles. The summed E-state index contributed by atoms with van der Waals surface area (Å²) in [5.74, 6) is 1.54. The van der Waals surface area contributed by atoms with Crippen molar-refractivity contribution >= 4 is 11.7 Å². The third kappa shape index (κ3) is 3.12. The SMILES string of the molecule is NCc1cc(Oc2cccc(C(=O)N3CCc4cccnc43)c2)ncn1. The van der Waals surface area contributed by atoms with Gasteiger partial charge in [0.25, 0.3) is 5.91 Å². The second kappa shape index (κ2) is 6.89. The number of aromatic nitrogens is 3. The number of rotatable bonds is 4. The fourth-order valence-electron chi connectivity index (χ4n) is 2.92. The smallest absolute Gasteiger partial charge is 0.259 e. The van der Waals surface area contributed by atoms with Crippen molar-refractivity contribution in [3.63, 3.8) is 0 Å². The molecule has 2 N–H and O–H groups in total. The number of fused-ring (bicyclic) bond motifs is 1. The van der Waals surface area contributed by atoms with Gasteiger partial charge in [-0.25, -0.2) is 15.0 Å². The first-order valence-electron chi connectivity index (χ1n) is 8.29. The largest absolute Gasteiger partial charge is 0.439 e. The van der Waals surface area contributed by atoms with Crippen LogP contribution in [0, 0.1) is 0 Å². The van der Waals surface area contributed by atoms with Gasteiger partial charge in [-0.15, -0.1) is 0 Å². The molecule has 4 rings (SSSR count). The molecule has 2 aromatic heterocycles. The second-order valence-corrected chi connectivity index (χ2v) is 5.87. The Kier molecular flexibility index (Phi) is 4.28. The molecule has 0 unspecified atom stereocenters. The highest BCUT2D eigenvalue weighted by Gasteiger charge is 2.26. The lowest BCUT2D eigenvalue weighted by atomic mass is 10.2. The average molecular weight is 347 g/mol. The summed E-state index contributed by atoms with van der Waals surface area (Å²) in [5, 5.41) is 0. The zero-order chi connectivity index (χ0) is 17.9. The maximum Gasteiger partial charge on any atom is 0.259 e. The minimum Gasteiger partial charge on any atom is -0.439 e. The predicted molar refractivity (Wildman–Crippen MR) is 96.1 cm³/mol. The van der Waals surface area contributed by atoms with Crippen LogP contribution in [0.25, 0.3) is 0 Å². The van der Waals surface area contributed by atoms with Crippen molar-refractivity contribution in [1.82, 2.24) is 15.0 Å². The number of amides is 1. The number of carbonyl (C=O) groups excluding carboxylic acids is 1. The van der Waals surface area contributed by atoms with Crippen molar-refractivity contribution in [1.29, 1.82) is 0 Å². The Morgan fingerprint density at radius 2 is 2.08 bits per heavy atom. The third-order valence-corrected chi connectivity index (χ3v) is 4.18. The number of ether oxygens (including phenoxy) is 1. The Hall–Kier alpha value is -3.32. The Bertz CT molecular complexity index is 960. The van der Waals surface area contributed by atoms with Crippen LogP contribution in [0.3, 0.4) is 0 Å². The zero-order valence-electron chi connectivity index (χ0n) is 14.0. The second-order valence-electron chi connectivity index (χ2n) is 5.87. The monoisotopic (exact) mass is 347 g/mol. The fourth-order valence-corrected chi connectivity index (χ4v) is 2.92. The number of hydrogen-bond acceptors (Lipinski definition) is 6. The first kappa shape index (κ1) is 16.2. The van der Waals surface area contributed by atoms with E-state index in [1.54, 1.807) is 41.4 Å². The zero-order valence-corrected chi connectivity index (χ0v) is 14.0. The number of nitrogens with two attached hydrogens (primary N) is 1. The van der Waals surface area contributed by atoms with Crippen molar-refractivity contribution in [2.45, 2.75) is 13.0 Å². The van der Waals surface area contributed by atoms with E-state index in [0.717, 1.165) is 17.8 Å². The van der Waals surface area contributed by atoms with Crippen molar-refractivity contribution in [2.24, 2.45) is 5.73 Å². The summed E-state index contributed by atoms with van der Waals surface area (Å²) in [6, 6.07) is 12.6. The number of anilines is 1. The number of pyridine rings is 1. The molecule has 1 amide bonds. The molecular weight excluding hydrogens is 330 g/mol. The Labute approximate surface area is 150 Å². The molecular formula is C19H17N5O2. The van der Waals surface area contributed by atoms with Gasteiger partial charge in [0.2, 0.25) is 5.88 Å². The highest BCUT2D eigenvalue weighted by Crippen LogP contribution is 2.28. The van der Waals surface area contributed by atoms with Crippen LogP contribution in [-0.4, -0.2) is 27.4 Å². The Morgan fingerprint density at radius 3 is 2.96 bits per heavy atom. The molecule has 0 fully saturated rings. The van der Waals surface area contributed by atoms with E-state index in [1.165, 1.54) is 6.33 Å². The fraction of sp³-hybridized carbons (Fsp3) is 0.158. The first-order chi connectivity index (χ1) is 12.7. The molecule has 1 aliphatic heterocycles. The van der Waals surface area contributed by atoms with Crippen molar-refractivity contribution in [3.8, 4) is 11.6 Å². The van der Waals surface area contributed by atoms with Gasteiger partial charge in [0, 0.05) is 30.9 Å². The maximum atomic E-state index is 12.9. The number of carbonyl (C=O) groups is 1. The molecule has 1 aliphatic rings. The summed E-state index contributed by atoms with van der Waals surface area (Å²) in [4.78, 5) is 27.0. The molecule has 0 radical (unpaired) electrons. The van der Waals surface area contributed by atoms with E-state index in [-0.39, 0.29) is 5.91 Å². The van der Waals surface area contributed by atoms with Crippen molar-refractivity contribution < 1.29 is 9.53 Å². The molecule has 3 aromatic rings. The van der Waals surface area contributed by atoms with Crippen LogP contribution in [-0.2, 0) is 13.0 Å². The van der Waals surface area contributed by atoms with Gasteiger partial charge >= 0.3 is 0 Å². The topological polar surface area (TPSA) is 94.2 Å². The van der Waals surface area contributed by atoms with Crippen LogP contribution >= 0.6 is 0 Å². The van der Waals surface area contributed by atoms with E-state index < -0.39 is 0 Å². The van der Waals surface area contributed by atoms with Crippen LogP contribution in [0.5, 0.6) is 11.6 Å². The van der Waals surface area contributed by atoms with Crippen molar-refractivity contribution in [3.05, 3.63) is 71.8 Å². The highest BCUT2D eigenvalue weighted by molar-refractivity contribution is 6.06. The summed E-state index contributed by atoms with van der Waals surface area (Å²) in [7, 11) is 0. The third-order valence-electron chi connectivity index (χ3n) is 4.18. The average Bonchev–Trinajstić information content (AvgIpc) is 3.12. The van der Waals surface area contributed by atoms with E-state index in [1.807, 2.05) is 12.1 Å². The van der Waals surface area contributed by atoms with Crippen LogP contribution in [0.15, 0.2) is 55.0 Å². The van der Waals surface area contributed by atoms with Gasteiger partial charge in [0.15, 0.2) is 0 Å². The molecule has 0 saturated heterocycles. The Morgan fingerprint density at radius 1 is 1.15 bits per heavy atom. The molecule has 0 spiro atoms. The van der Waals surface area contributed by atoms with Gasteiger partial charge in [-0.3, -0.25) is 9.69 Å². The number of nitrogens with zero attached hydrogens (tertiary/aromatic N) is 4. The first-order valence-corrected chi connectivity index (χ1v) is 8.29. The molecule has 26 heavy (non-hydrogen) atoms. The minimum absolute atomic E-state index is 0.0989. The molecule has 7 nitrogen and oxygen atoms in total. The van der Waals surface area contributed by atoms with Crippen LogP contribution in [0.1, 0.15) is 21.6 Å². The minimum atomic E-state index is -0.0989. The van der Waals surface area contributed by atoms with E-state index in [9.17, 15) is 4.79 Å². The maximum absolute atomic E-state index is 12.9. The van der Waals surface area contributed by atoms with Gasteiger partial charge in [-0.2, -0.15) is 0 Å². The van der Waals surface area contributed by atoms with Crippen molar-refractivity contribution in [2.75, 3.05) is 11.4 Å². The lowest BCUT2D eigenvalue weighted by Gasteiger charge is -2.16. The molecule has 0 atom stereocenters. The summed E-state index contributed by atoms with van der Waals surface area (Å²) in [6.45, 7) is 0.931. The van der Waals surface area contributed by atoms with E-state index in [0.29, 0.717) is 36.0 Å². The summed E-state index contributed by atoms with van der Waals surface area (Å²) in [5.41, 5.74) is 7.89. The van der Waals surface area contributed by atoms with Gasteiger partial charge in [0.05, 0.1) is 5.69 Å². The number of benzene rings is 1. The molecule has 1 aromatic carbocycles. The lowest BCUT2D eigenvalue weighted by molar-refractivity contribution is 0.0988. The number of hydrogen-bond donors (Lipinski definition) is 1. The molecule has 7 heteroatoms. The quantitative estimate of drug-likeness (QED) is 0.778. The van der Waals surface area contributed by atoms with Crippen LogP contribution < -0.4 is 15.4 Å². The summed E-state index contributed by atoms with van der Waals surface area (Å²) in [6.07, 6.45) is 3.92. The molecule has 130 valence electrons. The van der Waals surface area contributed by atoms with Gasteiger partial charge in [-0.05, 0) is 36.2 Å². The van der Waals surface area contributed by atoms with E-state index in [2.05, 4.69) is 15.0 Å². The van der Waals surface area contributed by atoms with Gasteiger partial charge < -0.3 is 10.5 Å². The Balaban J connectivity index is 1.57. The molecule has 0 bridgehead atoms.